The molecular weight excluding hydrogens is 705 g/mol. The van der Waals surface area contributed by atoms with Crippen LogP contribution in [0.3, 0.4) is 0 Å². The molecule has 5 aromatic carbocycles. The van der Waals surface area contributed by atoms with Crippen molar-refractivity contribution in [2.75, 3.05) is 0 Å². The number of nitrogens with zero attached hydrogens (tertiary/aromatic N) is 2. The van der Waals surface area contributed by atoms with Crippen molar-refractivity contribution in [1.29, 1.82) is 0 Å². The van der Waals surface area contributed by atoms with Gasteiger partial charge in [0.25, 0.3) is 0 Å². The van der Waals surface area contributed by atoms with E-state index in [0.717, 1.165) is 50.0 Å². The smallest absolute Gasteiger partial charge is 0.135 e. The first kappa shape index (κ1) is 27.2. The van der Waals surface area contributed by atoms with Crippen LogP contribution in [0.2, 0.25) is 0 Å². The molecule has 0 N–H and O–H groups in total. The van der Waals surface area contributed by atoms with Crippen molar-refractivity contribution in [3.05, 3.63) is 145 Å². The minimum atomic E-state index is -0.634. The van der Waals surface area contributed by atoms with Crippen molar-refractivity contribution in [1.82, 2.24) is 9.97 Å². The number of benzene rings is 5. The largest absolute Gasteiger partial charge is 0.457 e. The predicted molar refractivity (Wildman–Crippen MR) is 173 cm³/mol. The van der Waals surface area contributed by atoms with Gasteiger partial charge >= 0.3 is 0 Å². The first-order valence-electron chi connectivity index (χ1n) is 14.5. The van der Waals surface area contributed by atoms with E-state index in [-0.39, 0.29) is 20.1 Å². The molecule has 0 aliphatic heterocycles. The average molecular weight is 734 g/mol. The van der Waals surface area contributed by atoms with Crippen LogP contribution in [-0.2, 0) is 20.1 Å². The summed E-state index contributed by atoms with van der Waals surface area (Å²) < 4.78 is 14.1. The number of furan rings is 1. The van der Waals surface area contributed by atoms with E-state index in [9.17, 15) is 0 Å². The topological polar surface area (TPSA) is 38.9 Å². The molecule has 0 aliphatic carbocycles. The van der Waals surface area contributed by atoms with E-state index in [4.69, 9.17) is 5.79 Å². The zero-order valence-corrected chi connectivity index (χ0v) is 26.2. The van der Waals surface area contributed by atoms with Crippen molar-refractivity contribution in [2.45, 2.75) is 19.7 Å². The molecular formula is C39H28IrN2O-2. The first-order valence-corrected chi connectivity index (χ1v) is 14.0. The third-order valence-corrected chi connectivity index (χ3v) is 7.54. The summed E-state index contributed by atoms with van der Waals surface area (Å²) in [6, 6.07) is 45.1. The van der Waals surface area contributed by atoms with Crippen LogP contribution in [0.1, 0.15) is 26.7 Å². The zero-order valence-electron chi connectivity index (χ0n) is 24.8. The fraction of sp³-hybridized carbons (Fsp3) is 0.0769. The summed E-state index contributed by atoms with van der Waals surface area (Å²) >= 11 is 0. The van der Waals surface area contributed by atoms with Gasteiger partial charge in [0.2, 0.25) is 0 Å². The number of hydrogen-bond acceptors (Lipinski definition) is 3. The third kappa shape index (κ3) is 5.72. The number of rotatable bonds is 3. The Balaban J connectivity index is 0.000000156. The summed E-state index contributed by atoms with van der Waals surface area (Å²) in [5.41, 5.74) is 6.40. The second-order valence-corrected chi connectivity index (χ2v) is 10.5. The molecule has 3 nitrogen and oxygen atoms in total. The Morgan fingerprint density at radius 3 is 2.26 bits per heavy atom. The minimum Gasteiger partial charge on any atom is -0.457 e. The monoisotopic (exact) mass is 734 g/mol. The summed E-state index contributed by atoms with van der Waals surface area (Å²) in [6.45, 7) is 3.78. The molecule has 0 fully saturated rings. The number of aromatic nitrogens is 2. The number of hydrogen-bond donors (Lipinski definition) is 0. The van der Waals surface area contributed by atoms with Crippen LogP contribution in [0, 0.1) is 12.1 Å². The van der Waals surface area contributed by atoms with Crippen LogP contribution in [0.15, 0.2) is 132 Å². The maximum Gasteiger partial charge on any atom is 0.135 e. The van der Waals surface area contributed by atoms with Crippen LogP contribution in [-0.4, -0.2) is 9.97 Å². The second kappa shape index (κ2) is 12.3. The summed E-state index contributed by atoms with van der Waals surface area (Å²) in [4.78, 5) is 8.99. The molecule has 0 saturated carbocycles. The van der Waals surface area contributed by atoms with E-state index >= 15 is 0 Å². The van der Waals surface area contributed by atoms with E-state index in [1.165, 1.54) is 21.5 Å². The standard InChI is InChI=1S/C22H18N.C17H10NO.Ir/c1-15(2)17-11-12-23-22(14-17)19-9-10-21-18(13-19)8-7-16-5-3-4-6-20(16)21;1-2-6-12(7-3-1)15-10-17-14(11-18-15)13-8-4-5-9-16(13)19-17;/h3-8,10-15H,1-2H3;1-6,8-11H;/q2*-1;/i15D;;. The van der Waals surface area contributed by atoms with E-state index < -0.39 is 5.89 Å². The molecule has 211 valence electrons. The van der Waals surface area contributed by atoms with Gasteiger partial charge in [-0.1, -0.05) is 90.8 Å². The fourth-order valence-corrected chi connectivity index (χ4v) is 5.30. The van der Waals surface area contributed by atoms with Gasteiger partial charge in [-0.2, -0.15) is 0 Å². The molecule has 3 aromatic heterocycles. The number of para-hydroxylation sites is 1. The number of fused-ring (bicyclic) bond motifs is 6. The van der Waals surface area contributed by atoms with Gasteiger partial charge in [0.05, 0.1) is 0 Å². The summed E-state index contributed by atoms with van der Waals surface area (Å²) in [7, 11) is 0. The molecule has 0 spiro atoms. The third-order valence-electron chi connectivity index (χ3n) is 7.54. The van der Waals surface area contributed by atoms with Crippen molar-refractivity contribution in [3.8, 4) is 22.5 Å². The van der Waals surface area contributed by atoms with Gasteiger partial charge < -0.3 is 14.4 Å². The van der Waals surface area contributed by atoms with Crippen molar-refractivity contribution in [3.63, 3.8) is 0 Å². The molecule has 1 radical (unpaired) electrons. The van der Waals surface area contributed by atoms with Crippen molar-refractivity contribution < 1.29 is 25.9 Å². The Kier molecular flexibility index (Phi) is 7.79. The van der Waals surface area contributed by atoms with E-state index in [1.54, 1.807) is 6.20 Å². The fourth-order valence-electron chi connectivity index (χ4n) is 5.30. The van der Waals surface area contributed by atoms with Crippen molar-refractivity contribution in [2.24, 2.45) is 0 Å². The van der Waals surface area contributed by atoms with Gasteiger partial charge in [-0.15, -0.1) is 65.0 Å². The maximum atomic E-state index is 8.22. The van der Waals surface area contributed by atoms with Gasteiger partial charge in [0.1, 0.15) is 11.2 Å². The molecule has 0 atom stereocenters. The Hall–Kier alpha value is -4.63. The maximum absolute atomic E-state index is 8.22. The van der Waals surface area contributed by atoms with E-state index in [2.05, 4.69) is 70.6 Å². The predicted octanol–water partition coefficient (Wildman–Crippen LogP) is 10.4. The molecule has 8 aromatic rings. The molecule has 0 bridgehead atoms. The minimum absolute atomic E-state index is 0. The number of pyridine rings is 2. The Morgan fingerprint density at radius 2 is 1.42 bits per heavy atom. The van der Waals surface area contributed by atoms with Gasteiger partial charge in [0.15, 0.2) is 0 Å². The molecule has 43 heavy (non-hydrogen) atoms. The first-order chi connectivity index (χ1) is 20.9. The van der Waals surface area contributed by atoms with E-state index in [0.29, 0.717) is 0 Å². The molecule has 0 amide bonds. The Bertz CT molecular complexity index is 2240. The molecule has 8 rings (SSSR count). The molecule has 4 heteroatoms. The normalized spacial score (nSPS) is 11.6. The summed E-state index contributed by atoms with van der Waals surface area (Å²) in [5, 5.41) is 7.02. The molecule has 0 saturated heterocycles. The quantitative estimate of drug-likeness (QED) is 0.134. The molecule has 0 aliphatic rings. The summed E-state index contributed by atoms with van der Waals surface area (Å²) in [5.74, 6) is -0.634. The Morgan fingerprint density at radius 1 is 0.651 bits per heavy atom. The van der Waals surface area contributed by atoms with Crippen LogP contribution in [0.5, 0.6) is 0 Å². The van der Waals surface area contributed by atoms with Crippen LogP contribution in [0.25, 0.3) is 66.0 Å². The van der Waals surface area contributed by atoms with Gasteiger partial charge in [0, 0.05) is 44.6 Å². The van der Waals surface area contributed by atoms with Crippen LogP contribution in [0.4, 0.5) is 0 Å². The van der Waals surface area contributed by atoms with Gasteiger partial charge in [-0.3, -0.25) is 0 Å². The Labute approximate surface area is 266 Å². The average Bonchev–Trinajstić information content (AvgIpc) is 3.43. The molecule has 0 unspecified atom stereocenters. The molecule has 3 heterocycles. The SMILES string of the molecule is [2H]C(C)(C)c1ccnc(-c2[c-]cc3c(ccc4ccccc43)c2)c1.[Ir].[c-]1ccccc1-c1cc2oc3ccccc3c2cn1. The van der Waals surface area contributed by atoms with E-state index in [1.807, 2.05) is 86.8 Å². The second-order valence-electron chi connectivity index (χ2n) is 10.5. The van der Waals surface area contributed by atoms with Crippen molar-refractivity contribution >= 4 is 43.5 Å². The van der Waals surface area contributed by atoms with Crippen LogP contribution >= 0.6 is 0 Å². The summed E-state index contributed by atoms with van der Waals surface area (Å²) in [6.07, 6.45) is 3.65. The van der Waals surface area contributed by atoms with Crippen LogP contribution < -0.4 is 0 Å². The van der Waals surface area contributed by atoms with Gasteiger partial charge in [-0.25, -0.2) is 0 Å². The van der Waals surface area contributed by atoms with Gasteiger partial charge in [-0.05, 0) is 40.9 Å². The zero-order chi connectivity index (χ0) is 29.4.